The summed E-state index contributed by atoms with van der Waals surface area (Å²) in [5, 5.41) is 29.0. The molecule has 0 unspecified atom stereocenters. The minimum absolute atomic E-state index is 0.128. The Morgan fingerprint density at radius 1 is 1.39 bits per heavy atom. The number of amides is 1. The second-order valence-electron chi connectivity index (χ2n) is 6.13. The Bertz CT molecular complexity index is 664. The normalized spacial score (nSPS) is 29.4. The van der Waals surface area contributed by atoms with Gasteiger partial charge in [-0.3, -0.25) is 4.89 Å². The summed E-state index contributed by atoms with van der Waals surface area (Å²) in [6.45, 7) is 0.435. The van der Waals surface area contributed by atoms with Crippen LogP contribution in [-0.4, -0.2) is 44.7 Å². The van der Waals surface area contributed by atoms with Crippen molar-refractivity contribution in [1.29, 1.82) is 0 Å². The number of likely N-dealkylation sites (tertiary alicyclic amines) is 1. The molecular weight excluding hydrogens is 298 g/mol. The van der Waals surface area contributed by atoms with Crippen molar-refractivity contribution < 1.29 is 25.2 Å². The third-order valence-corrected chi connectivity index (χ3v) is 4.80. The van der Waals surface area contributed by atoms with Crippen molar-refractivity contribution in [3.63, 3.8) is 0 Å². The van der Waals surface area contributed by atoms with Crippen molar-refractivity contribution in [2.75, 3.05) is 6.54 Å². The monoisotopic (exact) mass is 317 g/mol. The topological polar surface area (TPSA) is 90.2 Å². The maximum atomic E-state index is 11.6. The minimum Gasteiger partial charge on any atom is -0.508 e. The molecule has 1 aliphatic heterocycles. The number of phenols is 1. The number of benzene rings is 1. The van der Waals surface area contributed by atoms with Crippen LogP contribution in [0.25, 0.3) is 0 Å². The number of aromatic hydroxyl groups is 1. The number of phenolic OH excluding ortho intramolecular Hbond substituents is 1. The van der Waals surface area contributed by atoms with Gasteiger partial charge >= 0.3 is 6.09 Å². The zero-order chi connectivity index (χ0) is 16.4. The summed E-state index contributed by atoms with van der Waals surface area (Å²) in [5.41, 5.74) is -0.552. The lowest BCUT2D eigenvalue weighted by molar-refractivity contribution is -0.190. The number of carbonyl (C=O) groups excluding carboxylic acids is 1. The summed E-state index contributed by atoms with van der Waals surface area (Å²) in [6.07, 6.45) is 1.88. The molecular formula is C17H19NO5. The van der Waals surface area contributed by atoms with Gasteiger partial charge in [0.1, 0.15) is 11.4 Å². The number of carbonyl (C=O) groups is 1. The molecule has 1 heterocycles. The summed E-state index contributed by atoms with van der Waals surface area (Å²) in [4.78, 5) is 16.9. The molecule has 1 amide bonds. The summed E-state index contributed by atoms with van der Waals surface area (Å²) >= 11 is 0. The Labute approximate surface area is 134 Å². The SMILES string of the molecule is O=C(OO)N1CC[C@@H]2[C@H]1CCC[C@@]2(O)C#Cc1cccc(O)c1. The highest BCUT2D eigenvalue weighted by molar-refractivity contribution is 5.68. The maximum absolute atomic E-state index is 11.6. The molecule has 1 saturated heterocycles. The molecule has 3 atom stereocenters. The van der Waals surface area contributed by atoms with Crippen LogP contribution in [0.1, 0.15) is 31.2 Å². The fourth-order valence-corrected chi connectivity index (χ4v) is 3.73. The fourth-order valence-electron chi connectivity index (χ4n) is 3.73. The second-order valence-corrected chi connectivity index (χ2v) is 6.13. The van der Waals surface area contributed by atoms with Gasteiger partial charge in [0.2, 0.25) is 0 Å². The number of nitrogens with zero attached hydrogens (tertiary/aromatic N) is 1. The molecule has 23 heavy (non-hydrogen) atoms. The van der Waals surface area contributed by atoms with E-state index in [4.69, 9.17) is 5.26 Å². The highest BCUT2D eigenvalue weighted by Crippen LogP contribution is 2.42. The molecule has 1 aromatic rings. The quantitative estimate of drug-likeness (QED) is 0.386. The standard InChI is InChI=1S/C17H19NO5/c19-13-4-1-3-12(11-13)6-9-17(21)8-2-5-15-14(17)7-10-18(15)16(20)23-22/h1,3-4,11,14-15,19,21-22H,2,5,7-8,10H2/t14-,15-,17-/m1/s1. The Morgan fingerprint density at radius 2 is 2.22 bits per heavy atom. The second kappa shape index (κ2) is 6.11. The van der Waals surface area contributed by atoms with E-state index in [1.807, 2.05) is 0 Å². The highest BCUT2D eigenvalue weighted by Gasteiger charge is 2.50. The van der Waals surface area contributed by atoms with Crippen LogP contribution in [0.3, 0.4) is 0 Å². The minimum atomic E-state index is -1.18. The molecule has 3 rings (SSSR count). The maximum Gasteiger partial charge on any atom is 0.441 e. The number of aliphatic hydroxyl groups is 1. The lowest BCUT2D eigenvalue weighted by Gasteiger charge is -2.39. The van der Waals surface area contributed by atoms with E-state index in [2.05, 4.69) is 16.7 Å². The van der Waals surface area contributed by atoms with Crippen molar-refractivity contribution in [3.05, 3.63) is 29.8 Å². The van der Waals surface area contributed by atoms with Crippen LogP contribution in [0.15, 0.2) is 24.3 Å². The Hall–Kier alpha value is -2.23. The molecule has 1 aliphatic carbocycles. The predicted octanol–water partition coefficient (Wildman–Crippen LogP) is 1.96. The zero-order valence-corrected chi connectivity index (χ0v) is 12.6. The molecule has 0 radical (unpaired) electrons. The van der Waals surface area contributed by atoms with Crippen LogP contribution in [0.2, 0.25) is 0 Å². The molecule has 1 saturated carbocycles. The van der Waals surface area contributed by atoms with Crippen LogP contribution in [0.5, 0.6) is 5.75 Å². The molecule has 6 heteroatoms. The average Bonchev–Trinajstić information content (AvgIpc) is 2.98. The Kier molecular flexibility index (Phi) is 4.16. The van der Waals surface area contributed by atoms with Gasteiger partial charge in [0.15, 0.2) is 0 Å². The average molecular weight is 317 g/mol. The van der Waals surface area contributed by atoms with Crippen LogP contribution >= 0.6 is 0 Å². The van der Waals surface area contributed by atoms with E-state index in [1.54, 1.807) is 24.3 Å². The molecule has 2 aliphatic rings. The lowest BCUT2D eigenvalue weighted by atomic mass is 9.73. The Morgan fingerprint density at radius 3 is 2.96 bits per heavy atom. The van der Waals surface area contributed by atoms with E-state index in [0.29, 0.717) is 24.9 Å². The molecule has 6 nitrogen and oxygen atoms in total. The molecule has 0 spiro atoms. The highest BCUT2D eigenvalue weighted by atomic mass is 17.1. The number of rotatable bonds is 0. The molecule has 0 bridgehead atoms. The third-order valence-electron chi connectivity index (χ3n) is 4.80. The van der Waals surface area contributed by atoms with Gasteiger partial charge in [0, 0.05) is 24.1 Å². The number of hydrogen-bond donors (Lipinski definition) is 3. The largest absolute Gasteiger partial charge is 0.508 e. The van der Waals surface area contributed by atoms with E-state index >= 15 is 0 Å². The zero-order valence-electron chi connectivity index (χ0n) is 12.6. The van der Waals surface area contributed by atoms with Crippen molar-refractivity contribution in [1.82, 2.24) is 4.90 Å². The van der Waals surface area contributed by atoms with Gasteiger partial charge in [0.05, 0.1) is 0 Å². The third kappa shape index (κ3) is 2.98. The first-order valence-electron chi connectivity index (χ1n) is 7.70. The summed E-state index contributed by atoms with van der Waals surface area (Å²) < 4.78 is 0. The summed E-state index contributed by atoms with van der Waals surface area (Å²) in [6, 6.07) is 6.39. The van der Waals surface area contributed by atoms with Crippen molar-refractivity contribution in [3.8, 4) is 17.6 Å². The number of fused-ring (bicyclic) bond motifs is 1. The smallest absolute Gasteiger partial charge is 0.441 e. The fraction of sp³-hybridized carbons (Fsp3) is 0.471. The van der Waals surface area contributed by atoms with E-state index in [9.17, 15) is 15.0 Å². The van der Waals surface area contributed by atoms with E-state index in [0.717, 1.165) is 12.8 Å². The van der Waals surface area contributed by atoms with Gasteiger partial charge in [0.25, 0.3) is 0 Å². The molecule has 1 aromatic carbocycles. The van der Waals surface area contributed by atoms with Crippen LogP contribution < -0.4 is 0 Å². The van der Waals surface area contributed by atoms with Gasteiger partial charge < -0.3 is 15.1 Å². The van der Waals surface area contributed by atoms with Crippen LogP contribution in [0, 0.1) is 17.8 Å². The first-order valence-corrected chi connectivity index (χ1v) is 7.70. The van der Waals surface area contributed by atoms with Crippen molar-refractivity contribution in [2.45, 2.75) is 37.3 Å². The summed E-state index contributed by atoms with van der Waals surface area (Å²) in [5.74, 6) is 5.83. The van der Waals surface area contributed by atoms with E-state index in [1.165, 1.54) is 4.90 Å². The van der Waals surface area contributed by atoms with Gasteiger partial charge in [-0.05, 0) is 43.9 Å². The molecule has 0 aromatic heterocycles. The van der Waals surface area contributed by atoms with Gasteiger partial charge in [-0.25, -0.2) is 4.79 Å². The van der Waals surface area contributed by atoms with Gasteiger partial charge in [-0.1, -0.05) is 17.9 Å². The van der Waals surface area contributed by atoms with E-state index in [-0.39, 0.29) is 17.7 Å². The van der Waals surface area contributed by atoms with Gasteiger partial charge in [-0.15, -0.1) is 0 Å². The van der Waals surface area contributed by atoms with Gasteiger partial charge in [-0.2, -0.15) is 5.26 Å². The summed E-state index contributed by atoms with van der Waals surface area (Å²) in [7, 11) is 0. The first-order chi connectivity index (χ1) is 11.0. The Balaban J connectivity index is 1.83. The van der Waals surface area contributed by atoms with Crippen molar-refractivity contribution in [2.24, 2.45) is 5.92 Å². The van der Waals surface area contributed by atoms with Crippen LogP contribution in [0.4, 0.5) is 4.79 Å². The molecule has 3 N–H and O–H groups in total. The van der Waals surface area contributed by atoms with E-state index < -0.39 is 11.7 Å². The predicted molar refractivity (Wildman–Crippen MR) is 81.5 cm³/mol. The lowest BCUT2D eigenvalue weighted by Crippen LogP contribution is -2.49. The first kappa shape index (κ1) is 15.7. The molecule has 122 valence electrons. The molecule has 2 fully saturated rings. The van der Waals surface area contributed by atoms with Crippen molar-refractivity contribution >= 4 is 6.09 Å². The number of hydrogen-bond acceptors (Lipinski definition) is 5. The van der Waals surface area contributed by atoms with Crippen LogP contribution in [-0.2, 0) is 4.89 Å².